The Bertz CT molecular complexity index is 1780. The van der Waals surface area contributed by atoms with E-state index in [0.29, 0.717) is 19.6 Å². The maximum atomic E-state index is 15.3. The van der Waals surface area contributed by atoms with Crippen LogP contribution in [-0.4, -0.2) is 105 Å². The smallest absolute Gasteiger partial charge is 0.309 e. The highest BCUT2D eigenvalue weighted by atomic mass is 32.1. The van der Waals surface area contributed by atoms with Gasteiger partial charge in [0.2, 0.25) is 0 Å². The minimum Gasteiger partial charge on any atom is -0.458 e. The van der Waals surface area contributed by atoms with Crippen molar-refractivity contribution in [1.29, 1.82) is 0 Å². The van der Waals surface area contributed by atoms with E-state index in [1.807, 2.05) is 13.8 Å². The van der Waals surface area contributed by atoms with Gasteiger partial charge in [-0.2, -0.15) is 0 Å². The maximum Gasteiger partial charge on any atom is 0.309 e. The van der Waals surface area contributed by atoms with Crippen LogP contribution in [0.5, 0.6) is 0 Å². The number of carbonyl (C=O) groups is 2. The predicted octanol–water partition coefficient (Wildman–Crippen LogP) is 15.1. The second kappa shape index (κ2) is 24.5. The van der Waals surface area contributed by atoms with Gasteiger partial charge in [-0.3, -0.25) is 14.5 Å². The van der Waals surface area contributed by atoms with Crippen LogP contribution in [0.2, 0.25) is 72.5 Å². The van der Waals surface area contributed by atoms with Gasteiger partial charge in [-0.15, -0.1) is 11.3 Å². The molecule has 1 aromatic heterocycles. The predicted molar refractivity (Wildman–Crippen MR) is 299 cm³/mol. The highest BCUT2D eigenvalue weighted by Crippen LogP contribution is 2.49. The van der Waals surface area contributed by atoms with Gasteiger partial charge in [0, 0.05) is 60.9 Å². The second-order valence-corrected chi connectivity index (χ2v) is 44.9. The van der Waals surface area contributed by atoms with E-state index in [4.69, 9.17) is 27.4 Å². The van der Waals surface area contributed by atoms with Gasteiger partial charge in [-0.25, -0.2) is 4.98 Å². The summed E-state index contributed by atoms with van der Waals surface area (Å²) < 4.78 is 34.8. The first kappa shape index (κ1) is 61.5. The Hall–Kier alpha value is -0.822. The summed E-state index contributed by atoms with van der Waals surface area (Å²) >= 11 is 1.66. The molecule has 2 aliphatic heterocycles. The summed E-state index contributed by atoms with van der Waals surface area (Å²) in [5.41, 5.74) is 0.816. The zero-order valence-corrected chi connectivity index (χ0v) is 52.7. The summed E-state index contributed by atoms with van der Waals surface area (Å²) in [6, 6.07) is 6.04. The number of nitrogens with zero attached hydrogens (tertiary/aromatic N) is 2. The molecule has 2 aliphatic rings. The monoisotopic (exact) mass is 1040 g/mol. The van der Waals surface area contributed by atoms with Crippen molar-refractivity contribution in [3.63, 3.8) is 0 Å². The number of rotatable bonds is 20. The Morgan fingerprint density at radius 1 is 0.838 bits per heavy atom. The van der Waals surface area contributed by atoms with E-state index < -0.39 is 50.9 Å². The molecule has 2 saturated heterocycles. The first-order valence-electron chi connectivity index (χ1n) is 27.0. The third-order valence-corrected chi connectivity index (χ3v) is 37.6. The quantitative estimate of drug-likeness (QED) is 0.0719. The van der Waals surface area contributed by atoms with Gasteiger partial charge in [-0.1, -0.05) is 117 Å². The molecule has 0 N–H and O–H groups in total. The zero-order chi connectivity index (χ0) is 51.9. The van der Waals surface area contributed by atoms with Crippen molar-refractivity contribution >= 4 is 62.4 Å². The SMILES string of the molecule is CC[Si](CC)(CC)OC1[C@@H](C)CCC[C@]2(C)[C@H](C[C@@H](/C(C)=C/c3csc(CCO[Si](C)(C)C(C)(C)C)n3)OC(=O)C[C@H](O[Si](CC)(CC)CC)C(C)(C)C(=O)[C@@H]1C)N2CCO[Si](C)(C)C(C)(C)C. The van der Waals surface area contributed by atoms with Gasteiger partial charge in [0.1, 0.15) is 11.9 Å². The van der Waals surface area contributed by atoms with Crippen molar-refractivity contribution in [2.75, 3.05) is 19.8 Å². The van der Waals surface area contributed by atoms with E-state index >= 15 is 4.79 Å². The molecule has 3 rings (SSSR count). The summed E-state index contributed by atoms with van der Waals surface area (Å²) in [5, 5.41) is 3.44. The number of aromatic nitrogens is 1. The molecule has 14 heteroatoms. The molecule has 9 nitrogen and oxygen atoms in total. The van der Waals surface area contributed by atoms with Crippen molar-refractivity contribution in [2.24, 2.45) is 17.3 Å². The molecule has 8 atom stereocenters. The number of ether oxygens (including phenoxy) is 1. The Labute approximate surface area is 426 Å². The molecule has 3 heterocycles. The number of hydrogen-bond acceptors (Lipinski definition) is 10. The van der Waals surface area contributed by atoms with E-state index in [-0.39, 0.29) is 57.8 Å². The highest BCUT2D eigenvalue weighted by Gasteiger charge is 2.59. The lowest BCUT2D eigenvalue weighted by atomic mass is 9.73. The molecule has 0 amide bonds. The van der Waals surface area contributed by atoms with Crippen molar-refractivity contribution < 1.29 is 32.0 Å². The van der Waals surface area contributed by atoms with E-state index in [1.165, 1.54) is 0 Å². The fourth-order valence-corrected chi connectivity index (χ4v) is 19.0. The van der Waals surface area contributed by atoms with Crippen LogP contribution < -0.4 is 0 Å². The van der Waals surface area contributed by atoms with Crippen molar-refractivity contribution in [3.05, 3.63) is 21.7 Å². The number of ketones is 1. The van der Waals surface area contributed by atoms with Crippen LogP contribution in [0.3, 0.4) is 0 Å². The minimum atomic E-state index is -2.29. The number of thiazole rings is 1. The number of Topliss-reactive ketones (excluding diaryl/α,β-unsaturated/α-hetero) is 1. The number of esters is 1. The van der Waals surface area contributed by atoms with Crippen LogP contribution in [0.15, 0.2) is 11.0 Å². The average molecular weight is 1040 g/mol. The normalized spacial score (nSPS) is 27.8. The molecule has 0 saturated carbocycles. The summed E-state index contributed by atoms with van der Waals surface area (Å²) in [6.45, 7) is 51.6. The Morgan fingerprint density at radius 3 is 1.87 bits per heavy atom. The van der Waals surface area contributed by atoms with Crippen LogP contribution in [0.1, 0.15) is 167 Å². The Kier molecular flexibility index (Phi) is 22.1. The van der Waals surface area contributed by atoms with Crippen LogP contribution in [-0.2, 0) is 38.5 Å². The van der Waals surface area contributed by atoms with Gasteiger partial charge < -0.3 is 22.4 Å². The summed E-state index contributed by atoms with van der Waals surface area (Å²) in [4.78, 5) is 37.9. The average Bonchev–Trinajstić information content (AvgIpc) is 3.52. The summed E-state index contributed by atoms with van der Waals surface area (Å²) in [7, 11) is -8.21. The molecule has 0 aliphatic carbocycles. The molecule has 0 radical (unpaired) electrons. The number of fused-ring (bicyclic) bond motifs is 1. The van der Waals surface area contributed by atoms with Gasteiger partial charge in [0.15, 0.2) is 33.3 Å². The number of hydrogen-bond donors (Lipinski definition) is 0. The third-order valence-electron chi connectivity index (χ3n) is 18.3. The van der Waals surface area contributed by atoms with Crippen LogP contribution >= 0.6 is 11.3 Å². The fourth-order valence-electron chi connectivity index (χ4n) is 10.2. The van der Waals surface area contributed by atoms with E-state index in [1.54, 1.807) is 11.3 Å². The standard InChI is InChI=1S/C54H104N2O7SSi4/c1-23-67(24-2,25-3)62-46-38-48(57)61-44(41(8)36-43-39-64-47(55-43)31-34-59-65(19,20)51(10,11)12)37-45-54(18,56(45)33-35-60-66(21,22)52(13,14)15)32-29-30-40(7)49(42(9)50(58)53(46,16)17)63-68(26-4,27-5)28-6/h36,39-40,42,44-46,49H,23-35,37-38H2,1-22H3/b41-36+/t40-,42+,44-,45-,46-,49?,54+,56?/m0/s1. The van der Waals surface area contributed by atoms with Crippen LogP contribution in [0.25, 0.3) is 6.08 Å². The van der Waals surface area contributed by atoms with Crippen LogP contribution in [0, 0.1) is 17.3 Å². The molecule has 394 valence electrons. The second-order valence-electron chi connectivity index (χ2n) is 24.9. The first-order chi connectivity index (χ1) is 31.3. The van der Waals surface area contributed by atoms with Crippen molar-refractivity contribution in [3.8, 4) is 0 Å². The fraction of sp³-hybridized carbons (Fsp3) is 0.870. The lowest BCUT2D eigenvalue weighted by Crippen LogP contribution is -2.53. The molecule has 0 aromatic carbocycles. The lowest BCUT2D eigenvalue weighted by molar-refractivity contribution is -0.153. The third kappa shape index (κ3) is 15.1. The van der Waals surface area contributed by atoms with Gasteiger partial charge >= 0.3 is 5.97 Å². The van der Waals surface area contributed by atoms with Crippen molar-refractivity contribution in [2.45, 2.75) is 266 Å². The summed E-state index contributed by atoms with van der Waals surface area (Å²) in [5.74, 6) is -0.364. The Morgan fingerprint density at radius 2 is 1.35 bits per heavy atom. The van der Waals surface area contributed by atoms with Gasteiger partial charge in [0.05, 0.1) is 29.3 Å². The highest BCUT2D eigenvalue weighted by molar-refractivity contribution is 7.09. The minimum absolute atomic E-state index is 0.0176. The molecule has 68 heavy (non-hydrogen) atoms. The Balaban J connectivity index is 2.15. The largest absolute Gasteiger partial charge is 0.458 e. The molecule has 1 aromatic rings. The summed E-state index contributed by atoms with van der Waals surface area (Å²) in [6.07, 6.45) is 5.26. The number of cyclic esters (lactones) is 1. The van der Waals surface area contributed by atoms with Crippen LogP contribution in [0.4, 0.5) is 0 Å². The zero-order valence-electron chi connectivity index (χ0n) is 47.9. The van der Waals surface area contributed by atoms with Crippen molar-refractivity contribution in [1.82, 2.24) is 9.88 Å². The first-order valence-corrected chi connectivity index (χ1v) is 38.8. The molecular formula is C54H104N2O7SSi4. The molecule has 2 fully saturated rings. The lowest BCUT2D eigenvalue weighted by Gasteiger charge is -2.44. The van der Waals surface area contributed by atoms with E-state index in [0.717, 1.165) is 84.8 Å². The molecular weight excluding hydrogens is 933 g/mol. The van der Waals surface area contributed by atoms with Gasteiger partial charge in [0.25, 0.3) is 0 Å². The topological polar surface area (TPSA) is 96.2 Å². The molecule has 2 unspecified atom stereocenters. The van der Waals surface area contributed by atoms with E-state index in [2.05, 4.69) is 153 Å². The van der Waals surface area contributed by atoms with E-state index in [9.17, 15) is 4.79 Å². The maximum absolute atomic E-state index is 15.3. The van der Waals surface area contributed by atoms with Gasteiger partial charge in [-0.05, 0) is 117 Å². The number of carbonyl (C=O) groups excluding carboxylic acids is 2. The molecule has 0 spiro atoms. The molecule has 0 bridgehead atoms.